The number of imide groups is 1. The van der Waals surface area contributed by atoms with E-state index in [9.17, 15) is 9.59 Å². The standard InChI is InChI=1S/C13H18N2O2/c1-14(2)5-6-15-12(16)10-8-3-4-9(7-8)11(10)13(15)17/h3-4,8-11H,5-7H2,1-2H3/p+1/t8-,9+,10-,11-/m0/s1. The van der Waals surface area contributed by atoms with Crippen LogP contribution < -0.4 is 4.90 Å². The van der Waals surface area contributed by atoms with Crippen molar-refractivity contribution in [1.29, 1.82) is 0 Å². The Morgan fingerprint density at radius 2 is 1.71 bits per heavy atom. The maximum Gasteiger partial charge on any atom is 0.233 e. The van der Waals surface area contributed by atoms with Crippen molar-refractivity contribution in [3.05, 3.63) is 12.2 Å². The molecule has 2 bridgehead atoms. The largest absolute Gasteiger partial charge is 0.338 e. The number of likely N-dealkylation sites (tertiary alicyclic amines) is 1. The van der Waals surface area contributed by atoms with Gasteiger partial charge in [-0.3, -0.25) is 14.5 Å². The van der Waals surface area contributed by atoms with Gasteiger partial charge in [-0.15, -0.1) is 0 Å². The van der Waals surface area contributed by atoms with E-state index in [4.69, 9.17) is 0 Å². The summed E-state index contributed by atoms with van der Waals surface area (Å²) < 4.78 is 0. The maximum absolute atomic E-state index is 12.3. The third-order valence-electron chi connectivity index (χ3n) is 4.40. The molecule has 4 atom stereocenters. The van der Waals surface area contributed by atoms with Crippen molar-refractivity contribution in [3.63, 3.8) is 0 Å². The van der Waals surface area contributed by atoms with Crippen molar-refractivity contribution in [2.45, 2.75) is 6.42 Å². The van der Waals surface area contributed by atoms with E-state index < -0.39 is 0 Å². The Morgan fingerprint density at radius 1 is 1.18 bits per heavy atom. The second-order valence-electron chi connectivity index (χ2n) is 5.79. The van der Waals surface area contributed by atoms with Gasteiger partial charge in [-0.1, -0.05) is 12.2 Å². The van der Waals surface area contributed by atoms with Crippen LogP contribution >= 0.6 is 0 Å². The number of allylic oxidation sites excluding steroid dienone is 2. The molecule has 0 spiro atoms. The zero-order valence-corrected chi connectivity index (χ0v) is 10.3. The van der Waals surface area contributed by atoms with Gasteiger partial charge in [0.05, 0.1) is 39.0 Å². The molecule has 3 rings (SSSR count). The van der Waals surface area contributed by atoms with Crippen LogP contribution in [0.1, 0.15) is 6.42 Å². The first-order valence-corrected chi connectivity index (χ1v) is 6.42. The fourth-order valence-electron chi connectivity index (χ4n) is 3.52. The first kappa shape index (κ1) is 11.0. The van der Waals surface area contributed by atoms with E-state index in [1.807, 2.05) is 14.1 Å². The Labute approximate surface area is 101 Å². The molecule has 0 aromatic heterocycles. The van der Waals surface area contributed by atoms with Crippen molar-refractivity contribution in [2.24, 2.45) is 23.7 Å². The fraction of sp³-hybridized carbons (Fsp3) is 0.692. The van der Waals surface area contributed by atoms with Gasteiger partial charge in [0, 0.05) is 0 Å². The van der Waals surface area contributed by atoms with Gasteiger partial charge < -0.3 is 4.90 Å². The molecule has 2 amide bonds. The van der Waals surface area contributed by atoms with Crippen LogP contribution in [-0.4, -0.2) is 43.9 Å². The van der Waals surface area contributed by atoms with Gasteiger partial charge in [-0.05, 0) is 18.3 Å². The van der Waals surface area contributed by atoms with Crippen LogP contribution in [0.25, 0.3) is 0 Å². The van der Waals surface area contributed by atoms with Gasteiger partial charge >= 0.3 is 0 Å². The van der Waals surface area contributed by atoms with Crippen molar-refractivity contribution in [3.8, 4) is 0 Å². The summed E-state index contributed by atoms with van der Waals surface area (Å²) >= 11 is 0. The van der Waals surface area contributed by atoms with E-state index in [-0.39, 0.29) is 23.7 Å². The number of fused-ring (bicyclic) bond motifs is 5. The number of carbonyl (C=O) groups is 2. The fourth-order valence-corrected chi connectivity index (χ4v) is 3.52. The highest BCUT2D eigenvalue weighted by Crippen LogP contribution is 2.52. The second-order valence-corrected chi connectivity index (χ2v) is 5.79. The lowest BCUT2D eigenvalue weighted by Gasteiger charge is -2.17. The molecule has 1 heterocycles. The zero-order chi connectivity index (χ0) is 12.2. The molecule has 1 saturated carbocycles. The molecule has 1 N–H and O–H groups in total. The average Bonchev–Trinajstić information content (AvgIpc) is 2.92. The number of likely N-dealkylation sites (N-methyl/N-ethyl adjacent to an activating group) is 1. The van der Waals surface area contributed by atoms with Crippen molar-refractivity contribution >= 4 is 11.8 Å². The molecule has 0 unspecified atom stereocenters. The monoisotopic (exact) mass is 235 g/mol. The third-order valence-corrected chi connectivity index (χ3v) is 4.40. The molecule has 2 aliphatic carbocycles. The van der Waals surface area contributed by atoms with Gasteiger partial charge in [0.25, 0.3) is 0 Å². The molecule has 3 aliphatic rings. The molecule has 0 aromatic rings. The van der Waals surface area contributed by atoms with Crippen molar-refractivity contribution in [2.75, 3.05) is 27.2 Å². The first-order chi connectivity index (χ1) is 8.09. The number of rotatable bonds is 3. The summed E-state index contributed by atoms with van der Waals surface area (Å²) in [5.74, 6) is 0.761. The Hall–Kier alpha value is -1.16. The summed E-state index contributed by atoms with van der Waals surface area (Å²) in [6.45, 7) is 1.41. The SMILES string of the molecule is C[NH+](C)CCN1C(=O)[C@@H]2[C@@H](C1=O)[C@H]1C=C[C@@H]2C1. The molecule has 2 fully saturated rings. The van der Waals surface area contributed by atoms with E-state index >= 15 is 0 Å². The summed E-state index contributed by atoms with van der Waals surface area (Å²) in [4.78, 5) is 27.3. The Morgan fingerprint density at radius 3 is 2.18 bits per heavy atom. The number of quaternary nitrogens is 1. The third kappa shape index (κ3) is 1.47. The summed E-state index contributed by atoms with van der Waals surface area (Å²) in [6, 6.07) is 0. The Bertz CT molecular complexity index is 372. The number of nitrogens with one attached hydrogen (secondary N) is 1. The minimum atomic E-state index is -0.0327. The van der Waals surface area contributed by atoms with Crippen LogP contribution in [0.4, 0.5) is 0 Å². The molecule has 4 nitrogen and oxygen atoms in total. The number of hydrogen-bond acceptors (Lipinski definition) is 2. The van der Waals surface area contributed by atoms with E-state index in [0.29, 0.717) is 18.4 Å². The van der Waals surface area contributed by atoms with Gasteiger partial charge in [0.15, 0.2) is 0 Å². The van der Waals surface area contributed by atoms with Gasteiger partial charge in [-0.2, -0.15) is 0 Å². The van der Waals surface area contributed by atoms with Crippen LogP contribution in [0.15, 0.2) is 12.2 Å². The van der Waals surface area contributed by atoms with Crippen molar-refractivity contribution < 1.29 is 14.5 Å². The van der Waals surface area contributed by atoms with Crippen LogP contribution in [0.5, 0.6) is 0 Å². The highest BCUT2D eigenvalue weighted by Gasteiger charge is 2.59. The Kier molecular flexibility index (Phi) is 2.36. The Balaban J connectivity index is 1.78. The highest BCUT2D eigenvalue weighted by atomic mass is 16.2. The summed E-state index contributed by atoms with van der Waals surface area (Å²) in [5, 5.41) is 0. The molecular weight excluding hydrogens is 216 g/mol. The average molecular weight is 235 g/mol. The lowest BCUT2D eigenvalue weighted by molar-refractivity contribution is -0.857. The zero-order valence-electron chi connectivity index (χ0n) is 10.3. The van der Waals surface area contributed by atoms with Gasteiger partial charge in [0.1, 0.15) is 0 Å². The number of nitrogens with zero attached hydrogens (tertiary/aromatic N) is 1. The minimum Gasteiger partial charge on any atom is -0.338 e. The molecule has 1 saturated heterocycles. The quantitative estimate of drug-likeness (QED) is 0.500. The van der Waals surface area contributed by atoms with Gasteiger partial charge in [-0.25, -0.2) is 0 Å². The molecule has 0 radical (unpaired) electrons. The van der Waals surface area contributed by atoms with Crippen LogP contribution in [0.3, 0.4) is 0 Å². The highest BCUT2D eigenvalue weighted by molar-refractivity contribution is 6.06. The predicted molar refractivity (Wildman–Crippen MR) is 62.1 cm³/mol. The number of carbonyl (C=O) groups excluding carboxylic acids is 2. The van der Waals surface area contributed by atoms with E-state index in [1.165, 1.54) is 9.80 Å². The predicted octanol–water partition coefficient (Wildman–Crippen LogP) is -1.06. The molecule has 4 heteroatoms. The minimum absolute atomic E-state index is 0.0327. The second kappa shape index (κ2) is 3.67. The van der Waals surface area contributed by atoms with E-state index in [2.05, 4.69) is 12.2 Å². The van der Waals surface area contributed by atoms with Crippen molar-refractivity contribution in [1.82, 2.24) is 4.90 Å². The topological polar surface area (TPSA) is 41.8 Å². The molecular formula is C13H19N2O2+. The van der Waals surface area contributed by atoms with Gasteiger partial charge in [0.2, 0.25) is 11.8 Å². The number of hydrogen-bond donors (Lipinski definition) is 1. The number of amides is 2. The maximum atomic E-state index is 12.3. The van der Waals surface area contributed by atoms with Crippen LogP contribution in [-0.2, 0) is 9.59 Å². The lowest BCUT2D eigenvalue weighted by Crippen LogP contribution is -3.06. The summed E-state index contributed by atoms with van der Waals surface area (Å²) in [6.07, 6.45) is 5.29. The lowest BCUT2D eigenvalue weighted by atomic mass is 9.85. The van der Waals surface area contributed by atoms with Crippen LogP contribution in [0.2, 0.25) is 0 Å². The van der Waals surface area contributed by atoms with E-state index in [1.54, 1.807) is 0 Å². The smallest absolute Gasteiger partial charge is 0.233 e. The van der Waals surface area contributed by atoms with E-state index in [0.717, 1.165) is 13.0 Å². The summed E-state index contributed by atoms with van der Waals surface area (Å²) in [7, 11) is 4.08. The molecule has 1 aliphatic heterocycles. The molecule has 92 valence electrons. The first-order valence-electron chi connectivity index (χ1n) is 6.42. The summed E-state index contributed by atoms with van der Waals surface area (Å²) in [5.41, 5.74) is 0. The molecule has 0 aromatic carbocycles. The normalized spacial score (nSPS) is 38.6. The van der Waals surface area contributed by atoms with Crippen LogP contribution in [0, 0.1) is 23.7 Å². The molecule has 17 heavy (non-hydrogen) atoms.